The molecule has 0 spiro atoms. The van der Waals surface area contributed by atoms with Gasteiger partial charge in [-0.15, -0.1) is 5.17 Å². The molecule has 0 amide bonds. The Morgan fingerprint density at radius 1 is 1.62 bits per heavy atom. The number of hydrogen-bond acceptors (Lipinski definition) is 4. The van der Waals surface area contributed by atoms with Crippen molar-refractivity contribution >= 4 is 0 Å². The van der Waals surface area contributed by atoms with Crippen LogP contribution in [-0.4, -0.2) is 18.3 Å². The van der Waals surface area contributed by atoms with Crippen LogP contribution in [0.25, 0.3) is 0 Å². The summed E-state index contributed by atoms with van der Waals surface area (Å²) >= 11 is 0. The van der Waals surface area contributed by atoms with Gasteiger partial charge in [-0.25, -0.2) is 5.43 Å². The first kappa shape index (κ1) is 7.84. The van der Waals surface area contributed by atoms with Gasteiger partial charge in [0.1, 0.15) is 0 Å². The Morgan fingerprint density at radius 3 is 2.25 bits per heavy atom. The second kappa shape index (κ2) is 3.80. The summed E-state index contributed by atoms with van der Waals surface area (Å²) in [7, 11) is 1.69. The highest BCUT2D eigenvalue weighted by Crippen LogP contribution is 1.77. The van der Waals surface area contributed by atoms with Gasteiger partial charge in [-0.05, 0) is 13.8 Å². The molecule has 4 heteroatoms. The van der Waals surface area contributed by atoms with Crippen molar-refractivity contribution in [2.45, 2.75) is 19.9 Å². The van der Waals surface area contributed by atoms with Gasteiger partial charge < -0.3 is 0 Å². The first-order valence-electron chi connectivity index (χ1n) is 2.53. The van der Waals surface area contributed by atoms with E-state index in [2.05, 4.69) is 10.4 Å². The molecule has 8 heavy (non-hydrogen) atoms. The minimum absolute atomic E-state index is 0.351. The number of nitrogens with zero attached hydrogens (tertiary/aromatic N) is 1. The van der Waals surface area contributed by atoms with Crippen molar-refractivity contribution < 1.29 is 4.94 Å². The van der Waals surface area contributed by atoms with E-state index in [0.717, 1.165) is 0 Å². The lowest BCUT2D eigenvalue weighted by Crippen LogP contribution is -2.40. The van der Waals surface area contributed by atoms with E-state index in [9.17, 15) is 0 Å². The molecule has 0 aromatic carbocycles. The molecule has 0 aromatic rings. The maximum atomic E-state index is 4.78. The first-order valence-corrected chi connectivity index (χ1v) is 2.53. The summed E-state index contributed by atoms with van der Waals surface area (Å²) in [6, 6.07) is 0.351. The van der Waals surface area contributed by atoms with Gasteiger partial charge >= 0.3 is 0 Å². The van der Waals surface area contributed by atoms with Crippen LogP contribution in [0.15, 0.2) is 0 Å². The summed E-state index contributed by atoms with van der Waals surface area (Å²) in [6.45, 7) is 3.99. The second-order valence-corrected chi connectivity index (χ2v) is 1.89. The molecule has 0 atom stereocenters. The van der Waals surface area contributed by atoms with Crippen LogP contribution in [0.3, 0.4) is 0 Å². The molecule has 3 N–H and O–H groups in total. The molecule has 4 nitrogen and oxygen atoms in total. The summed E-state index contributed by atoms with van der Waals surface area (Å²) < 4.78 is 0. The van der Waals surface area contributed by atoms with Gasteiger partial charge in [0, 0.05) is 13.1 Å². The lowest BCUT2D eigenvalue weighted by molar-refractivity contribution is -0.186. The number of rotatable bonds is 3. The Bertz CT molecular complexity index is 57.2. The third kappa shape index (κ3) is 4.01. The summed E-state index contributed by atoms with van der Waals surface area (Å²) in [5, 5.41) is 1.35. The number of nitrogens with two attached hydrogens (primary N) is 1. The fraction of sp³-hybridized carbons (Fsp3) is 1.00. The van der Waals surface area contributed by atoms with E-state index in [0.29, 0.717) is 6.04 Å². The third-order valence-corrected chi connectivity index (χ3v) is 0.598. The number of hydroxylamine groups is 1. The van der Waals surface area contributed by atoms with Crippen LogP contribution >= 0.6 is 0 Å². The van der Waals surface area contributed by atoms with Gasteiger partial charge in [0.2, 0.25) is 0 Å². The minimum atomic E-state index is 0.351. The lowest BCUT2D eigenvalue weighted by Gasteiger charge is -2.15. The van der Waals surface area contributed by atoms with Crippen LogP contribution in [0, 0.1) is 0 Å². The molecule has 0 bridgehead atoms. The summed E-state index contributed by atoms with van der Waals surface area (Å²) in [5.41, 5.74) is 2.88. The van der Waals surface area contributed by atoms with Crippen LogP contribution in [0.4, 0.5) is 0 Å². The van der Waals surface area contributed by atoms with E-state index in [1.54, 1.807) is 7.05 Å². The van der Waals surface area contributed by atoms with Gasteiger partial charge in [-0.3, -0.25) is 0 Å². The Morgan fingerprint density at radius 2 is 2.12 bits per heavy atom. The number of hydrogen-bond donors (Lipinski definition) is 2. The fourth-order valence-electron chi connectivity index (χ4n) is 0.394. The monoisotopic (exact) mass is 119 g/mol. The predicted octanol–water partition coefficient (Wildman–Crippen LogP) is -0.364. The largest absolute Gasteiger partial charge is 0.228 e. The molecule has 0 unspecified atom stereocenters. The summed E-state index contributed by atoms with van der Waals surface area (Å²) in [6.07, 6.45) is 0. The van der Waals surface area contributed by atoms with E-state index in [-0.39, 0.29) is 0 Å². The fourth-order valence-corrected chi connectivity index (χ4v) is 0.394. The van der Waals surface area contributed by atoms with Crippen molar-refractivity contribution in [1.82, 2.24) is 10.6 Å². The average molecular weight is 119 g/mol. The van der Waals surface area contributed by atoms with Crippen LogP contribution in [-0.2, 0) is 4.94 Å². The van der Waals surface area contributed by atoms with Gasteiger partial charge in [-0.2, -0.15) is 10.8 Å². The maximum absolute atomic E-state index is 4.78. The zero-order chi connectivity index (χ0) is 6.57. The zero-order valence-electron chi connectivity index (χ0n) is 5.51. The van der Waals surface area contributed by atoms with Crippen LogP contribution in [0.2, 0.25) is 0 Å². The standard InChI is InChI=1S/C4H13N3O/c1-4(2)6-7(3)8-5/h4,6H,5H2,1-3H3. The number of hydrazine groups is 1. The molecule has 0 aliphatic carbocycles. The van der Waals surface area contributed by atoms with Crippen molar-refractivity contribution in [3.63, 3.8) is 0 Å². The molecular weight excluding hydrogens is 106 g/mol. The Hall–Kier alpha value is -0.160. The van der Waals surface area contributed by atoms with Crippen molar-refractivity contribution in [2.24, 2.45) is 5.90 Å². The topological polar surface area (TPSA) is 50.5 Å². The van der Waals surface area contributed by atoms with Crippen LogP contribution < -0.4 is 11.3 Å². The van der Waals surface area contributed by atoms with Crippen molar-refractivity contribution in [3.05, 3.63) is 0 Å². The molecule has 0 saturated heterocycles. The molecule has 0 radical (unpaired) electrons. The molecular formula is C4H13N3O. The molecule has 0 fully saturated rings. The first-order chi connectivity index (χ1) is 3.66. The average Bonchev–Trinajstić information content (AvgIpc) is 1.65. The normalized spacial score (nSPS) is 11.2. The molecule has 0 aromatic heterocycles. The Labute approximate surface area is 49.5 Å². The van der Waals surface area contributed by atoms with E-state index < -0.39 is 0 Å². The molecule has 0 saturated carbocycles. The Kier molecular flexibility index (Phi) is 3.72. The molecule has 0 aliphatic heterocycles. The maximum Gasteiger partial charge on any atom is 0.0307 e. The molecule has 0 heterocycles. The second-order valence-electron chi connectivity index (χ2n) is 1.89. The van der Waals surface area contributed by atoms with Gasteiger partial charge in [0.25, 0.3) is 0 Å². The van der Waals surface area contributed by atoms with Crippen LogP contribution in [0.1, 0.15) is 13.8 Å². The van der Waals surface area contributed by atoms with E-state index >= 15 is 0 Å². The number of nitrogens with one attached hydrogen (secondary N) is 1. The third-order valence-electron chi connectivity index (χ3n) is 0.598. The molecule has 0 aliphatic rings. The van der Waals surface area contributed by atoms with E-state index in [1.165, 1.54) is 5.17 Å². The summed E-state index contributed by atoms with van der Waals surface area (Å²) in [5.74, 6) is 4.78. The molecule has 50 valence electrons. The summed E-state index contributed by atoms with van der Waals surface area (Å²) in [4.78, 5) is 4.28. The smallest absolute Gasteiger partial charge is 0.0307 e. The van der Waals surface area contributed by atoms with Gasteiger partial charge in [0.15, 0.2) is 0 Å². The van der Waals surface area contributed by atoms with Gasteiger partial charge in [-0.1, -0.05) is 0 Å². The van der Waals surface area contributed by atoms with E-state index in [4.69, 9.17) is 5.90 Å². The predicted molar refractivity (Wildman–Crippen MR) is 31.3 cm³/mol. The Balaban J connectivity index is 3.10. The van der Waals surface area contributed by atoms with Gasteiger partial charge in [0.05, 0.1) is 0 Å². The minimum Gasteiger partial charge on any atom is -0.228 e. The van der Waals surface area contributed by atoms with Crippen molar-refractivity contribution in [1.29, 1.82) is 0 Å². The highest BCUT2D eigenvalue weighted by Gasteiger charge is 1.95. The highest BCUT2D eigenvalue weighted by atomic mass is 16.8. The lowest BCUT2D eigenvalue weighted by atomic mass is 10.4. The van der Waals surface area contributed by atoms with Crippen LogP contribution in [0.5, 0.6) is 0 Å². The van der Waals surface area contributed by atoms with Crippen molar-refractivity contribution in [3.8, 4) is 0 Å². The SMILES string of the molecule is CC(C)NN(C)ON. The quantitative estimate of drug-likeness (QED) is 0.498. The highest BCUT2D eigenvalue weighted by molar-refractivity contribution is 4.41. The molecule has 0 rings (SSSR count). The van der Waals surface area contributed by atoms with Crippen molar-refractivity contribution in [2.75, 3.05) is 7.05 Å². The van der Waals surface area contributed by atoms with E-state index in [1.807, 2.05) is 13.8 Å². The zero-order valence-corrected chi connectivity index (χ0v) is 5.51.